The molecule has 2 aromatic rings. The summed E-state index contributed by atoms with van der Waals surface area (Å²) in [6, 6.07) is 5.71. The average Bonchev–Trinajstić information content (AvgIpc) is 2.75. The average molecular weight is 393 g/mol. The smallest absolute Gasteiger partial charge is 0.296 e. The highest BCUT2D eigenvalue weighted by Gasteiger charge is 2.24. The molecule has 0 radical (unpaired) electrons. The summed E-state index contributed by atoms with van der Waals surface area (Å²) in [5.74, 6) is 0.707. The second-order valence-corrected chi connectivity index (χ2v) is 8.44. The summed E-state index contributed by atoms with van der Waals surface area (Å²) >= 11 is 3.51. The van der Waals surface area contributed by atoms with Crippen molar-refractivity contribution in [3.8, 4) is 11.4 Å². The standard InChI is InChI=1S/C13H15BrClN3O2S/c1-8(2)7-18-12(16-17-13(18)21(15,19)20)10-6-4-5-9(3)11(10)14/h4-6,8H,7H2,1-3H3. The van der Waals surface area contributed by atoms with Crippen LogP contribution in [0.2, 0.25) is 0 Å². The lowest BCUT2D eigenvalue weighted by Gasteiger charge is -2.13. The van der Waals surface area contributed by atoms with Crippen LogP contribution in [-0.2, 0) is 15.6 Å². The number of halogens is 2. The number of rotatable bonds is 4. The molecule has 114 valence electrons. The van der Waals surface area contributed by atoms with E-state index in [9.17, 15) is 8.42 Å². The first-order chi connectivity index (χ1) is 9.71. The van der Waals surface area contributed by atoms with E-state index in [1.807, 2.05) is 39.0 Å². The van der Waals surface area contributed by atoms with Crippen LogP contribution in [0.1, 0.15) is 19.4 Å². The van der Waals surface area contributed by atoms with Crippen LogP contribution in [0.5, 0.6) is 0 Å². The van der Waals surface area contributed by atoms with Crippen molar-refractivity contribution in [3.05, 3.63) is 28.2 Å². The van der Waals surface area contributed by atoms with Crippen molar-refractivity contribution in [1.82, 2.24) is 14.8 Å². The van der Waals surface area contributed by atoms with E-state index in [1.54, 1.807) is 4.57 Å². The quantitative estimate of drug-likeness (QED) is 0.746. The van der Waals surface area contributed by atoms with Crippen LogP contribution in [0.4, 0.5) is 0 Å². The lowest BCUT2D eigenvalue weighted by atomic mass is 10.1. The van der Waals surface area contributed by atoms with Gasteiger partial charge in [0, 0.05) is 27.3 Å². The minimum absolute atomic E-state index is 0.221. The van der Waals surface area contributed by atoms with Crippen LogP contribution in [0.15, 0.2) is 27.8 Å². The molecule has 21 heavy (non-hydrogen) atoms. The van der Waals surface area contributed by atoms with Gasteiger partial charge in [-0.1, -0.05) is 32.0 Å². The predicted molar refractivity (Wildman–Crippen MR) is 85.8 cm³/mol. The van der Waals surface area contributed by atoms with Crippen molar-refractivity contribution >= 4 is 35.7 Å². The van der Waals surface area contributed by atoms with Gasteiger partial charge in [0.2, 0.25) is 0 Å². The van der Waals surface area contributed by atoms with E-state index in [0.29, 0.717) is 12.4 Å². The Balaban J connectivity index is 2.70. The Morgan fingerprint density at radius 2 is 2.00 bits per heavy atom. The lowest BCUT2D eigenvalue weighted by molar-refractivity contribution is 0.488. The zero-order chi connectivity index (χ0) is 15.8. The molecular formula is C13H15BrClN3O2S. The topological polar surface area (TPSA) is 64.8 Å². The van der Waals surface area contributed by atoms with Crippen molar-refractivity contribution in [2.75, 3.05) is 0 Å². The van der Waals surface area contributed by atoms with Crippen LogP contribution in [0.3, 0.4) is 0 Å². The monoisotopic (exact) mass is 391 g/mol. The van der Waals surface area contributed by atoms with E-state index < -0.39 is 9.05 Å². The number of hydrogen-bond donors (Lipinski definition) is 0. The van der Waals surface area contributed by atoms with Crippen molar-refractivity contribution in [2.24, 2.45) is 5.92 Å². The Kier molecular flexibility index (Phi) is 4.75. The summed E-state index contributed by atoms with van der Waals surface area (Å²) in [4.78, 5) is 0. The summed E-state index contributed by atoms with van der Waals surface area (Å²) in [5, 5.41) is 7.57. The minimum atomic E-state index is -3.94. The molecule has 0 amide bonds. The summed E-state index contributed by atoms with van der Waals surface area (Å²) in [6.07, 6.45) is 0. The molecular weight excluding hydrogens is 378 g/mol. The van der Waals surface area contributed by atoms with Gasteiger partial charge in [-0.3, -0.25) is 4.57 Å². The molecule has 0 aliphatic rings. The van der Waals surface area contributed by atoms with E-state index >= 15 is 0 Å². The summed E-state index contributed by atoms with van der Waals surface area (Å²) < 4.78 is 25.7. The third-order valence-electron chi connectivity index (χ3n) is 2.92. The molecule has 0 bridgehead atoms. The maximum absolute atomic E-state index is 11.7. The molecule has 8 heteroatoms. The molecule has 0 saturated carbocycles. The van der Waals surface area contributed by atoms with Crippen LogP contribution < -0.4 is 0 Å². The van der Waals surface area contributed by atoms with Gasteiger partial charge in [0.25, 0.3) is 14.2 Å². The zero-order valence-corrected chi connectivity index (χ0v) is 15.0. The van der Waals surface area contributed by atoms with Gasteiger partial charge in [0.1, 0.15) is 0 Å². The van der Waals surface area contributed by atoms with Crippen molar-refractivity contribution in [1.29, 1.82) is 0 Å². The van der Waals surface area contributed by atoms with E-state index in [0.717, 1.165) is 15.6 Å². The molecule has 0 atom stereocenters. The third-order valence-corrected chi connectivity index (χ3v) is 5.12. The molecule has 2 rings (SSSR count). The first-order valence-corrected chi connectivity index (χ1v) is 9.45. The first-order valence-electron chi connectivity index (χ1n) is 6.35. The molecule has 0 fully saturated rings. The minimum Gasteiger partial charge on any atom is -0.297 e. The molecule has 0 aliphatic heterocycles. The normalized spacial score (nSPS) is 12.1. The Morgan fingerprint density at radius 3 is 2.57 bits per heavy atom. The highest BCUT2D eigenvalue weighted by molar-refractivity contribution is 9.10. The van der Waals surface area contributed by atoms with Gasteiger partial charge < -0.3 is 0 Å². The molecule has 0 N–H and O–H groups in total. The molecule has 1 aromatic carbocycles. The van der Waals surface area contributed by atoms with Gasteiger partial charge in [-0.05, 0) is 34.3 Å². The van der Waals surface area contributed by atoms with Gasteiger partial charge >= 0.3 is 0 Å². The molecule has 5 nitrogen and oxygen atoms in total. The van der Waals surface area contributed by atoms with Gasteiger partial charge in [-0.2, -0.15) is 0 Å². The van der Waals surface area contributed by atoms with Gasteiger partial charge in [0.15, 0.2) is 5.82 Å². The largest absolute Gasteiger partial charge is 0.297 e. The summed E-state index contributed by atoms with van der Waals surface area (Å²) in [7, 11) is 1.51. The Bertz CT molecular complexity index is 772. The van der Waals surface area contributed by atoms with Gasteiger partial charge in [-0.25, -0.2) is 8.42 Å². The number of nitrogens with zero attached hydrogens (tertiary/aromatic N) is 3. The van der Waals surface area contributed by atoms with Crippen LogP contribution >= 0.6 is 26.6 Å². The van der Waals surface area contributed by atoms with Crippen molar-refractivity contribution in [3.63, 3.8) is 0 Å². The maximum Gasteiger partial charge on any atom is 0.296 e. The number of aromatic nitrogens is 3. The summed E-state index contributed by atoms with van der Waals surface area (Å²) in [5.41, 5.74) is 1.82. The third kappa shape index (κ3) is 3.46. The van der Waals surface area contributed by atoms with E-state index in [4.69, 9.17) is 10.7 Å². The molecule has 0 unspecified atom stereocenters. The Hall–Kier alpha value is -0.920. The lowest BCUT2D eigenvalue weighted by Crippen LogP contribution is -2.12. The molecule has 0 spiro atoms. The summed E-state index contributed by atoms with van der Waals surface area (Å²) in [6.45, 7) is 6.39. The number of aryl methyl sites for hydroxylation is 1. The fourth-order valence-electron chi connectivity index (χ4n) is 2.02. The fourth-order valence-corrected chi connectivity index (χ4v) is 3.36. The van der Waals surface area contributed by atoms with Crippen LogP contribution in [0.25, 0.3) is 11.4 Å². The molecule has 1 aromatic heterocycles. The fraction of sp³-hybridized carbons (Fsp3) is 0.385. The van der Waals surface area contributed by atoms with Gasteiger partial charge in [0.05, 0.1) is 0 Å². The zero-order valence-electron chi connectivity index (χ0n) is 11.8. The molecule has 0 saturated heterocycles. The first kappa shape index (κ1) is 16.5. The van der Waals surface area contributed by atoms with Crippen molar-refractivity contribution < 1.29 is 8.42 Å². The highest BCUT2D eigenvalue weighted by atomic mass is 79.9. The van der Waals surface area contributed by atoms with Gasteiger partial charge in [-0.15, -0.1) is 10.2 Å². The number of hydrogen-bond acceptors (Lipinski definition) is 4. The second kappa shape index (κ2) is 6.06. The highest BCUT2D eigenvalue weighted by Crippen LogP contribution is 2.31. The molecule has 0 aliphatic carbocycles. The van der Waals surface area contributed by atoms with E-state index in [2.05, 4.69) is 26.1 Å². The Morgan fingerprint density at radius 1 is 1.33 bits per heavy atom. The second-order valence-electron chi connectivity index (χ2n) is 5.18. The predicted octanol–water partition coefficient (Wildman–Crippen LogP) is 3.60. The maximum atomic E-state index is 11.7. The number of benzene rings is 1. The van der Waals surface area contributed by atoms with E-state index in [1.165, 1.54) is 0 Å². The van der Waals surface area contributed by atoms with E-state index in [-0.39, 0.29) is 11.1 Å². The van der Waals surface area contributed by atoms with Crippen molar-refractivity contribution in [2.45, 2.75) is 32.5 Å². The Labute approximate surface area is 136 Å². The molecule has 1 heterocycles. The van der Waals surface area contributed by atoms with Crippen LogP contribution in [0, 0.1) is 12.8 Å². The van der Waals surface area contributed by atoms with Crippen LogP contribution in [-0.4, -0.2) is 23.2 Å². The SMILES string of the molecule is Cc1cccc(-c2nnc(S(=O)(=O)Cl)n2CC(C)C)c1Br.